The summed E-state index contributed by atoms with van der Waals surface area (Å²) in [6, 6.07) is 4.76. The molecule has 0 aliphatic carbocycles. The number of aliphatic hydroxyl groups excluding tert-OH is 1. The Morgan fingerprint density at radius 2 is 2.19 bits per heavy atom. The van der Waals surface area contributed by atoms with Crippen molar-refractivity contribution in [2.75, 3.05) is 7.11 Å². The number of carbonyl (C=O) groups is 1. The van der Waals surface area contributed by atoms with E-state index in [1.54, 1.807) is 12.1 Å². The first kappa shape index (κ1) is 16.0. The van der Waals surface area contributed by atoms with Crippen LogP contribution in [0.5, 0.6) is 5.75 Å². The number of aromatic hydroxyl groups is 1. The van der Waals surface area contributed by atoms with Crippen LogP contribution >= 0.6 is 11.6 Å². The van der Waals surface area contributed by atoms with E-state index in [4.69, 9.17) is 16.3 Å². The number of benzene rings is 1. The van der Waals surface area contributed by atoms with Crippen molar-refractivity contribution in [3.63, 3.8) is 0 Å². The van der Waals surface area contributed by atoms with Gasteiger partial charge in [-0.25, -0.2) is 5.43 Å². The molecule has 1 aliphatic heterocycles. The highest BCUT2D eigenvalue weighted by molar-refractivity contribution is 6.32. The highest BCUT2D eigenvalue weighted by Gasteiger charge is 2.39. The van der Waals surface area contributed by atoms with Gasteiger partial charge in [-0.2, -0.15) is 0 Å². The Kier molecular flexibility index (Phi) is 5.05. The second-order valence-electron chi connectivity index (χ2n) is 5.20. The highest BCUT2D eigenvalue weighted by atomic mass is 35.5. The highest BCUT2D eigenvalue weighted by Crippen LogP contribution is 2.37. The minimum atomic E-state index is -0.790. The Morgan fingerprint density at radius 1 is 1.48 bits per heavy atom. The first-order valence-corrected chi connectivity index (χ1v) is 7.06. The molecule has 1 aromatic rings. The molecular formula is C14H19ClN2O4. The smallest absolute Gasteiger partial charge is 0.306 e. The first-order valence-electron chi connectivity index (χ1n) is 6.68. The summed E-state index contributed by atoms with van der Waals surface area (Å²) in [5.41, 5.74) is 6.48. The van der Waals surface area contributed by atoms with Crippen LogP contribution in [0.2, 0.25) is 5.02 Å². The summed E-state index contributed by atoms with van der Waals surface area (Å²) in [6.07, 6.45) is -0.672. The van der Waals surface area contributed by atoms with Crippen molar-refractivity contribution in [1.29, 1.82) is 0 Å². The molecule has 2 rings (SSSR count). The molecule has 4 unspecified atom stereocenters. The normalized spacial score (nSPS) is 26.6. The zero-order chi connectivity index (χ0) is 15.6. The molecule has 116 valence electrons. The molecule has 1 heterocycles. The molecule has 0 saturated carbocycles. The number of esters is 1. The molecule has 0 spiro atoms. The van der Waals surface area contributed by atoms with E-state index in [1.807, 2.05) is 6.92 Å². The minimum Gasteiger partial charge on any atom is -0.506 e. The molecular weight excluding hydrogens is 296 g/mol. The average molecular weight is 315 g/mol. The van der Waals surface area contributed by atoms with E-state index < -0.39 is 6.23 Å². The Morgan fingerprint density at radius 3 is 2.71 bits per heavy atom. The van der Waals surface area contributed by atoms with Crippen molar-refractivity contribution in [2.45, 2.75) is 31.5 Å². The number of halogens is 1. The zero-order valence-electron chi connectivity index (χ0n) is 11.8. The van der Waals surface area contributed by atoms with Crippen molar-refractivity contribution in [2.24, 2.45) is 5.92 Å². The molecule has 0 bridgehead atoms. The largest absolute Gasteiger partial charge is 0.506 e. The molecule has 21 heavy (non-hydrogen) atoms. The SMILES string of the molecule is COC(=O)CC(c1ccc(O)c(Cl)c1)C1C(C)NNC1O. The summed E-state index contributed by atoms with van der Waals surface area (Å²) in [7, 11) is 1.33. The van der Waals surface area contributed by atoms with E-state index in [-0.39, 0.29) is 41.0 Å². The lowest BCUT2D eigenvalue weighted by Crippen LogP contribution is -2.33. The number of hydrogen-bond acceptors (Lipinski definition) is 6. The molecule has 4 N–H and O–H groups in total. The van der Waals surface area contributed by atoms with E-state index in [2.05, 4.69) is 10.9 Å². The zero-order valence-corrected chi connectivity index (χ0v) is 12.6. The first-order chi connectivity index (χ1) is 9.93. The van der Waals surface area contributed by atoms with E-state index in [0.29, 0.717) is 0 Å². The van der Waals surface area contributed by atoms with Crippen LogP contribution in [-0.2, 0) is 9.53 Å². The van der Waals surface area contributed by atoms with E-state index in [9.17, 15) is 15.0 Å². The lowest BCUT2D eigenvalue weighted by Gasteiger charge is -2.27. The van der Waals surface area contributed by atoms with Crippen LogP contribution in [0.25, 0.3) is 0 Å². The van der Waals surface area contributed by atoms with Gasteiger partial charge in [0.25, 0.3) is 0 Å². The van der Waals surface area contributed by atoms with Crippen molar-refractivity contribution in [3.05, 3.63) is 28.8 Å². The number of ether oxygens (including phenoxy) is 1. The minimum absolute atomic E-state index is 0.0199. The van der Waals surface area contributed by atoms with Gasteiger partial charge >= 0.3 is 5.97 Å². The predicted molar refractivity (Wildman–Crippen MR) is 77.7 cm³/mol. The number of rotatable bonds is 4. The number of hydrogen-bond donors (Lipinski definition) is 4. The lowest BCUT2D eigenvalue weighted by molar-refractivity contribution is -0.141. The van der Waals surface area contributed by atoms with E-state index in [1.165, 1.54) is 13.2 Å². The number of phenolic OH excluding ortho intramolecular Hbond substituents is 1. The van der Waals surface area contributed by atoms with Crippen LogP contribution in [-0.4, -0.2) is 35.6 Å². The maximum Gasteiger partial charge on any atom is 0.306 e. The number of methoxy groups -OCH3 is 1. The van der Waals surface area contributed by atoms with E-state index >= 15 is 0 Å². The topological polar surface area (TPSA) is 90.8 Å². The van der Waals surface area contributed by atoms with Gasteiger partial charge in [-0.3, -0.25) is 10.2 Å². The van der Waals surface area contributed by atoms with Crippen LogP contribution in [0.15, 0.2) is 18.2 Å². The van der Waals surface area contributed by atoms with Crippen molar-refractivity contribution in [1.82, 2.24) is 10.9 Å². The summed E-state index contributed by atoms with van der Waals surface area (Å²) in [4.78, 5) is 11.7. The molecule has 0 radical (unpaired) electrons. The maximum atomic E-state index is 11.7. The standard InChI is InChI=1S/C14H19ClN2O4/c1-7-13(14(20)17-16-7)9(6-12(19)21-2)8-3-4-11(18)10(15)5-8/h3-5,7,9,13-14,16-18,20H,6H2,1-2H3. The number of carbonyl (C=O) groups excluding carboxylic acids is 1. The molecule has 0 amide bonds. The van der Waals surface area contributed by atoms with Gasteiger partial charge in [0.15, 0.2) is 0 Å². The number of nitrogens with one attached hydrogen (secondary N) is 2. The average Bonchev–Trinajstić information content (AvgIpc) is 2.78. The summed E-state index contributed by atoms with van der Waals surface area (Å²) < 4.78 is 4.74. The van der Waals surface area contributed by atoms with E-state index in [0.717, 1.165) is 5.56 Å². The van der Waals surface area contributed by atoms with Gasteiger partial charge in [0.1, 0.15) is 12.0 Å². The fourth-order valence-electron chi connectivity index (χ4n) is 2.74. The molecule has 1 fully saturated rings. The van der Waals surface area contributed by atoms with Crippen molar-refractivity contribution >= 4 is 17.6 Å². The molecule has 6 nitrogen and oxygen atoms in total. The van der Waals surface area contributed by atoms with Gasteiger partial charge in [0.05, 0.1) is 18.6 Å². The van der Waals surface area contributed by atoms with Gasteiger partial charge in [-0.1, -0.05) is 17.7 Å². The van der Waals surface area contributed by atoms with Gasteiger partial charge < -0.3 is 14.9 Å². The second-order valence-corrected chi connectivity index (χ2v) is 5.60. The lowest BCUT2D eigenvalue weighted by atomic mass is 9.79. The Bertz CT molecular complexity index is 516. The fraction of sp³-hybridized carbons (Fsp3) is 0.500. The molecule has 1 aromatic carbocycles. The number of hydrazine groups is 1. The second kappa shape index (κ2) is 6.62. The van der Waals surface area contributed by atoms with Crippen LogP contribution < -0.4 is 10.9 Å². The summed E-state index contributed by atoms with van der Waals surface area (Å²) in [5.74, 6) is -0.906. The number of aliphatic hydroxyl groups is 1. The Hall–Kier alpha value is -1.34. The maximum absolute atomic E-state index is 11.7. The van der Waals surface area contributed by atoms with Crippen LogP contribution in [0.4, 0.5) is 0 Å². The Labute approximate surface area is 128 Å². The van der Waals surface area contributed by atoms with Crippen LogP contribution in [0, 0.1) is 5.92 Å². The third-order valence-corrected chi connectivity index (χ3v) is 4.18. The molecule has 7 heteroatoms. The van der Waals surface area contributed by atoms with Gasteiger partial charge in [0, 0.05) is 17.9 Å². The predicted octanol–water partition coefficient (Wildman–Crippen LogP) is 1.12. The van der Waals surface area contributed by atoms with Gasteiger partial charge in [-0.05, 0) is 24.6 Å². The van der Waals surface area contributed by atoms with Crippen molar-refractivity contribution in [3.8, 4) is 5.75 Å². The summed E-state index contributed by atoms with van der Waals surface area (Å²) in [5, 5.41) is 19.8. The van der Waals surface area contributed by atoms with Gasteiger partial charge in [0.2, 0.25) is 0 Å². The monoisotopic (exact) mass is 314 g/mol. The third kappa shape index (κ3) is 3.47. The van der Waals surface area contributed by atoms with Crippen molar-refractivity contribution < 1.29 is 19.7 Å². The van der Waals surface area contributed by atoms with Crippen LogP contribution in [0.3, 0.4) is 0 Å². The quantitative estimate of drug-likeness (QED) is 0.623. The summed E-state index contributed by atoms with van der Waals surface area (Å²) in [6.45, 7) is 1.92. The molecule has 4 atom stereocenters. The van der Waals surface area contributed by atoms with Crippen LogP contribution in [0.1, 0.15) is 24.8 Å². The number of phenols is 1. The summed E-state index contributed by atoms with van der Waals surface area (Å²) >= 11 is 5.95. The molecule has 1 saturated heterocycles. The molecule has 0 aromatic heterocycles. The Balaban J connectivity index is 2.35. The molecule has 1 aliphatic rings. The van der Waals surface area contributed by atoms with Gasteiger partial charge in [-0.15, -0.1) is 0 Å². The fourth-order valence-corrected chi connectivity index (χ4v) is 2.93. The third-order valence-electron chi connectivity index (χ3n) is 3.88.